The number of hydrogen-bond acceptors (Lipinski definition) is 4. The maximum Gasteiger partial charge on any atom is 0.339 e. The van der Waals surface area contributed by atoms with E-state index in [1.165, 1.54) is 13.2 Å². The Balaban J connectivity index is 2.96. The Hall–Kier alpha value is -2.57. The highest BCUT2D eigenvalue weighted by molar-refractivity contribution is 6.03. The summed E-state index contributed by atoms with van der Waals surface area (Å²) in [6.45, 7) is 3.54. The van der Waals surface area contributed by atoms with E-state index in [1.807, 2.05) is 0 Å². The minimum atomic E-state index is -0.798. The lowest BCUT2D eigenvalue weighted by atomic mass is 10.0. The summed E-state index contributed by atoms with van der Waals surface area (Å²) in [4.78, 5) is 34.8. The number of methoxy groups -OCH3 is 1. The fraction of sp³-hybridized carbons (Fsp3) is 0.357. The van der Waals surface area contributed by atoms with Crippen molar-refractivity contribution in [3.8, 4) is 0 Å². The van der Waals surface area contributed by atoms with Crippen LogP contribution in [0.4, 0.5) is 10.5 Å². The molecule has 3 amide bonds. The Morgan fingerprint density at radius 1 is 1.19 bits per heavy atom. The summed E-state index contributed by atoms with van der Waals surface area (Å²) in [5, 5.41) is 4.98. The Morgan fingerprint density at radius 3 is 2.33 bits per heavy atom. The van der Waals surface area contributed by atoms with Crippen molar-refractivity contribution >= 4 is 23.6 Å². The van der Waals surface area contributed by atoms with Crippen LogP contribution in [0.5, 0.6) is 0 Å². The lowest BCUT2D eigenvalue weighted by molar-refractivity contribution is -0.118. The van der Waals surface area contributed by atoms with Crippen molar-refractivity contribution in [2.24, 2.45) is 11.7 Å². The second-order valence-corrected chi connectivity index (χ2v) is 4.76. The molecule has 0 aliphatic heterocycles. The summed E-state index contributed by atoms with van der Waals surface area (Å²) in [7, 11) is 1.26. The predicted octanol–water partition coefficient (Wildman–Crippen LogP) is 1.10. The van der Waals surface area contributed by atoms with Crippen LogP contribution in [0.3, 0.4) is 0 Å². The van der Waals surface area contributed by atoms with E-state index in [1.54, 1.807) is 32.0 Å². The predicted molar refractivity (Wildman–Crippen MR) is 77.8 cm³/mol. The first-order chi connectivity index (χ1) is 9.86. The number of ether oxygens (including phenoxy) is 1. The molecule has 0 unspecified atom stereocenters. The van der Waals surface area contributed by atoms with Gasteiger partial charge < -0.3 is 21.1 Å². The van der Waals surface area contributed by atoms with Gasteiger partial charge in [0.25, 0.3) is 0 Å². The monoisotopic (exact) mass is 293 g/mol. The number of nitrogens with two attached hydrogens (primary N) is 1. The average Bonchev–Trinajstić information content (AvgIpc) is 2.43. The number of amides is 3. The van der Waals surface area contributed by atoms with Crippen LogP contribution in [0.2, 0.25) is 0 Å². The molecule has 0 heterocycles. The first kappa shape index (κ1) is 16.5. The molecular weight excluding hydrogens is 274 g/mol. The highest BCUT2D eigenvalue weighted by Crippen LogP contribution is 2.17. The molecule has 7 heteroatoms. The first-order valence-electron chi connectivity index (χ1n) is 6.41. The Labute approximate surface area is 122 Å². The van der Waals surface area contributed by atoms with Gasteiger partial charge in [-0.25, -0.2) is 9.59 Å². The summed E-state index contributed by atoms with van der Waals surface area (Å²) in [6.07, 6.45) is 0. The lowest BCUT2D eigenvalue weighted by Gasteiger charge is -2.21. The third-order valence-electron chi connectivity index (χ3n) is 2.84. The molecule has 7 nitrogen and oxygen atoms in total. The standard InChI is InChI=1S/C14H19N3O4/c1-8(2)11(17-14(15)20)12(18)16-10-7-5-4-6-9(10)13(19)21-3/h4-8,11H,1-3H3,(H,16,18)(H3,15,17,20)/t11-/m0/s1. The van der Waals surface area contributed by atoms with E-state index in [-0.39, 0.29) is 11.5 Å². The van der Waals surface area contributed by atoms with Crippen molar-refractivity contribution in [1.29, 1.82) is 0 Å². The van der Waals surface area contributed by atoms with E-state index in [4.69, 9.17) is 5.73 Å². The average molecular weight is 293 g/mol. The number of nitrogens with one attached hydrogen (secondary N) is 2. The molecule has 0 radical (unpaired) electrons. The van der Waals surface area contributed by atoms with Gasteiger partial charge >= 0.3 is 12.0 Å². The number of carbonyl (C=O) groups excluding carboxylic acids is 3. The van der Waals surface area contributed by atoms with E-state index in [0.717, 1.165) is 0 Å². The molecule has 1 atom stereocenters. The smallest absolute Gasteiger partial charge is 0.339 e. The third kappa shape index (κ3) is 4.48. The molecule has 1 aromatic carbocycles. The van der Waals surface area contributed by atoms with Crippen molar-refractivity contribution in [2.75, 3.05) is 12.4 Å². The molecule has 0 aliphatic rings. The van der Waals surface area contributed by atoms with Gasteiger partial charge in [0.05, 0.1) is 18.4 Å². The van der Waals surface area contributed by atoms with Crippen molar-refractivity contribution < 1.29 is 19.1 Å². The number of primary amides is 1. The molecule has 114 valence electrons. The highest BCUT2D eigenvalue weighted by Gasteiger charge is 2.24. The lowest BCUT2D eigenvalue weighted by Crippen LogP contribution is -2.49. The van der Waals surface area contributed by atoms with Crippen LogP contribution in [0.25, 0.3) is 0 Å². The van der Waals surface area contributed by atoms with Crippen LogP contribution >= 0.6 is 0 Å². The van der Waals surface area contributed by atoms with Crippen LogP contribution < -0.4 is 16.4 Å². The molecule has 0 fully saturated rings. The van der Waals surface area contributed by atoms with Gasteiger partial charge in [-0.15, -0.1) is 0 Å². The molecule has 0 saturated heterocycles. The Kier molecular flexibility index (Phi) is 5.71. The largest absolute Gasteiger partial charge is 0.465 e. The van der Waals surface area contributed by atoms with Crippen molar-refractivity contribution in [2.45, 2.75) is 19.9 Å². The maximum absolute atomic E-state index is 12.2. The molecular formula is C14H19N3O4. The number of para-hydroxylation sites is 1. The number of benzene rings is 1. The van der Waals surface area contributed by atoms with Gasteiger partial charge in [-0.1, -0.05) is 26.0 Å². The Bertz CT molecular complexity index is 543. The van der Waals surface area contributed by atoms with Gasteiger partial charge in [0.2, 0.25) is 5.91 Å². The van der Waals surface area contributed by atoms with Crippen LogP contribution in [-0.4, -0.2) is 31.1 Å². The van der Waals surface area contributed by atoms with Gasteiger partial charge in [0, 0.05) is 0 Å². The number of urea groups is 1. The van der Waals surface area contributed by atoms with Gasteiger partial charge in [-0.3, -0.25) is 4.79 Å². The van der Waals surface area contributed by atoms with E-state index in [9.17, 15) is 14.4 Å². The number of hydrogen-bond donors (Lipinski definition) is 3. The van der Waals surface area contributed by atoms with Crippen molar-refractivity contribution in [3.63, 3.8) is 0 Å². The number of rotatable bonds is 5. The minimum absolute atomic E-state index is 0.164. The first-order valence-corrected chi connectivity index (χ1v) is 6.41. The molecule has 0 aliphatic carbocycles. The van der Waals surface area contributed by atoms with Crippen LogP contribution in [0.15, 0.2) is 24.3 Å². The topological polar surface area (TPSA) is 111 Å². The molecule has 0 aromatic heterocycles. The van der Waals surface area contributed by atoms with Crippen LogP contribution in [0.1, 0.15) is 24.2 Å². The fourth-order valence-electron chi connectivity index (χ4n) is 1.78. The van der Waals surface area contributed by atoms with E-state index in [2.05, 4.69) is 15.4 Å². The Morgan fingerprint density at radius 2 is 1.81 bits per heavy atom. The maximum atomic E-state index is 12.2. The summed E-state index contributed by atoms with van der Waals surface area (Å²) >= 11 is 0. The van der Waals surface area contributed by atoms with Gasteiger partial charge in [0.1, 0.15) is 6.04 Å². The van der Waals surface area contributed by atoms with Gasteiger partial charge in [-0.2, -0.15) is 0 Å². The summed E-state index contributed by atoms with van der Waals surface area (Å²) in [5.74, 6) is -1.18. The number of anilines is 1. The van der Waals surface area contributed by atoms with Crippen LogP contribution in [-0.2, 0) is 9.53 Å². The van der Waals surface area contributed by atoms with E-state index < -0.39 is 23.9 Å². The normalized spacial score (nSPS) is 11.6. The molecule has 1 rings (SSSR count). The van der Waals surface area contributed by atoms with Crippen LogP contribution in [0, 0.1) is 5.92 Å². The van der Waals surface area contributed by atoms with E-state index >= 15 is 0 Å². The second-order valence-electron chi connectivity index (χ2n) is 4.76. The molecule has 21 heavy (non-hydrogen) atoms. The molecule has 0 spiro atoms. The van der Waals surface area contributed by atoms with Crippen molar-refractivity contribution in [3.05, 3.63) is 29.8 Å². The zero-order valence-corrected chi connectivity index (χ0v) is 12.2. The summed E-state index contributed by atoms with van der Waals surface area (Å²) < 4.78 is 4.65. The molecule has 0 bridgehead atoms. The highest BCUT2D eigenvalue weighted by atomic mass is 16.5. The zero-order chi connectivity index (χ0) is 16.0. The van der Waals surface area contributed by atoms with Gasteiger partial charge in [0.15, 0.2) is 0 Å². The summed E-state index contributed by atoms with van der Waals surface area (Å²) in [5.41, 5.74) is 5.60. The minimum Gasteiger partial charge on any atom is -0.465 e. The number of esters is 1. The third-order valence-corrected chi connectivity index (χ3v) is 2.84. The van der Waals surface area contributed by atoms with E-state index in [0.29, 0.717) is 5.69 Å². The summed E-state index contributed by atoms with van der Waals surface area (Å²) in [6, 6.07) is 4.86. The second kappa shape index (κ2) is 7.28. The molecule has 0 saturated carbocycles. The fourth-order valence-corrected chi connectivity index (χ4v) is 1.78. The SMILES string of the molecule is COC(=O)c1ccccc1NC(=O)[C@@H](NC(N)=O)C(C)C. The molecule has 4 N–H and O–H groups in total. The van der Waals surface area contributed by atoms with Crippen molar-refractivity contribution in [1.82, 2.24) is 5.32 Å². The number of carbonyl (C=O) groups is 3. The zero-order valence-electron chi connectivity index (χ0n) is 12.2. The quantitative estimate of drug-likeness (QED) is 0.706. The molecule has 1 aromatic rings. The van der Waals surface area contributed by atoms with Gasteiger partial charge in [-0.05, 0) is 18.1 Å².